The van der Waals surface area contributed by atoms with Crippen LogP contribution in [0.2, 0.25) is 0 Å². The number of hydrogen-bond donors (Lipinski definition) is 2. The predicted octanol–water partition coefficient (Wildman–Crippen LogP) is 2.83. The normalized spacial score (nSPS) is 10.1. The van der Waals surface area contributed by atoms with Crippen LogP contribution >= 0.6 is 15.9 Å². The first-order valence-electron chi connectivity index (χ1n) is 5.44. The summed E-state index contributed by atoms with van der Waals surface area (Å²) in [4.78, 5) is 11.0. The summed E-state index contributed by atoms with van der Waals surface area (Å²) >= 11 is 3.13. The summed E-state index contributed by atoms with van der Waals surface area (Å²) in [5.74, 6) is -0.269. The SMILES string of the molecule is CNC(=O)CCCNc1cc(F)c(Br)cc1C. The molecule has 0 aliphatic heterocycles. The molecule has 94 valence electrons. The molecule has 0 saturated carbocycles. The molecule has 0 aliphatic rings. The monoisotopic (exact) mass is 302 g/mol. The van der Waals surface area contributed by atoms with Crippen molar-refractivity contribution in [3.05, 3.63) is 28.0 Å². The first kappa shape index (κ1) is 14.0. The van der Waals surface area contributed by atoms with E-state index in [0.29, 0.717) is 17.4 Å². The molecule has 0 fully saturated rings. The van der Waals surface area contributed by atoms with E-state index in [2.05, 4.69) is 26.6 Å². The van der Waals surface area contributed by atoms with Gasteiger partial charge in [-0.2, -0.15) is 0 Å². The van der Waals surface area contributed by atoms with Crippen LogP contribution in [-0.2, 0) is 4.79 Å². The van der Waals surface area contributed by atoms with Crippen LogP contribution in [0.3, 0.4) is 0 Å². The standard InChI is InChI=1S/C12H16BrFN2O/c1-8-6-9(13)10(14)7-11(8)16-5-3-4-12(17)15-2/h6-7,16H,3-5H2,1-2H3,(H,15,17). The zero-order valence-corrected chi connectivity index (χ0v) is 11.5. The average molecular weight is 303 g/mol. The van der Waals surface area contributed by atoms with Gasteiger partial charge in [-0.1, -0.05) is 0 Å². The summed E-state index contributed by atoms with van der Waals surface area (Å²) in [6.45, 7) is 2.56. The average Bonchev–Trinajstić information content (AvgIpc) is 2.30. The van der Waals surface area contributed by atoms with Crippen molar-refractivity contribution in [3.8, 4) is 0 Å². The zero-order chi connectivity index (χ0) is 12.8. The minimum Gasteiger partial charge on any atom is -0.385 e. The van der Waals surface area contributed by atoms with Crippen LogP contribution in [0.15, 0.2) is 16.6 Å². The topological polar surface area (TPSA) is 41.1 Å². The number of carbonyl (C=O) groups excluding carboxylic acids is 1. The fourth-order valence-corrected chi connectivity index (χ4v) is 1.89. The van der Waals surface area contributed by atoms with E-state index in [4.69, 9.17) is 0 Å². The highest BCUT2D eigenvalue weighted by atomic mass is 79.9. The van der Waals surface area contributed by atoms with E-state index in [-0.39, 0.29) is 11.7 Å². The predicted molar refractivity (Wildman–Crippen MR) is 70.6 cm³/mol. The molecule has 1 aromatic carbocycles. The number of carbonyl (C=O) groups is 1. The van der Waals surface area contributed by atoms with E-state index in [0.717, 1.165) is 17.7 Å². The van der Waals surface area contributed by atoms with E-state index in [1.54, 1.807) is 13.1 Å². The molecular weight excluding hydrogens is 287 g/mol. The first-order valence-corrected chi connectivity index (χ1v) is 6.24. The molecule has 17 heavy (non-hydrogen) atoms. The van der Waals surface area contributed by atoms with Gasteiger partial charge < -0.3 is 10.6 Å². The summed E-state index contributed by atoms with van der Waals surface area (Å²) in [5.41, 5.74) is 1.74. The number of rotatable bonds is 5. The van der Waals surface area contributed by atoms with Gasteiger partial charge in [-0.15, -0.1) is 0 Å². The van der Waals surface area contributed by atoms with Gasteiger partial charge in [-0.05, 0) is 47.0 Å². The third-order valence-electron chi connectivity index (χ3n) is 2.44. The van der Waals surface area contributed by atoms with Crippen molar-refractivity contribution in [2.75, 3.05) is 18.9 Å². The molecule has 0 atom stereocenters. The molecule has 0 saturated heterocycles. The Balaban J connectivity index is 2.47. The van der Waals surface area contributed by atoms with E-state index in [9.17, 15) is 9.18 Å². The summed E-state index contributed by atoms with van der Waals surface area (Å²) in [6, 6.07) is 3.19. The van der Waals surface area contributed by atoms with Crippen molar-refractivity contribution in [1.29, 1.82) is 0 Å². The van der Waals surface area contributed by atoms with Crippen LogP contribution in [-0.4, -0.2) is 19.5 Å². The Morgan fingerprint density at radius 3 is 2.82 bits per heavy atom. The highest BCUT2D eigenvalue weighted by Gasteiger charge is 2.05. The number of aryl methyl sites for hydroxylation is 1. The van der Waals surface area contributed by atoms with Crippen LogP contribution in [0.4, 0.5) is 10.1 Å². The van der Waals surface area contributed by atoms with Crippen LogP contribution in [0, 0.1) is 12.7 Å². The highest BCUT2D eigenvalue weighted by Crippen LogP contribution is 2.23. The molecule has 0 bridgehead atoms. The molecule has 0 heterocycles. The smallest absolute Gasteiger partial charge is 0.219 e. The van der Waals surface area contributed by atoms with Crippen LogP contribution in [0.5, 0.6) is 0 Å². The fraction of sp³-hybridized carbons (Fsp3) is 0.417. The maximum atomic E-state index is 13.3. The molecule has 1 aromatic rings. The number of halogens is 2. The first-order chi connectivity index (χ1) is 8.04. The van der Waals surface area contributed by atoms with Gasteiger partial charge in [0.25, 0.3) is 0 Å². The summed E-state index contributed by atoms with van der Waals surface area (Å²) < 4.78 is 13.8. The highest BCUT2D eigenvalue weighted by molar-refractivity contribution is 9.10. The summed E-state index contributed by atoms with van der Waals surface area (Å²) in [6.07, 6.45) is 1.19. The third-order valence-corrected chi connectivity index (χ3v) is 3.05. The second-order valence-corrected chi connectivity index (χ2v) is 4.64. The van der Waals surface area contributed by atoms with Crippen LogP contribution in [0.25, 0.3) is 0 Å². The molecule has 0 spiro atoms. The molecule has 0 aromatic heterocycles. The molecule has 2 N–H and O–H groups in total. The minimum absolute atomic E-state index is 0.0190. The second kappa shape index (κ2) is 6.59. The van der Waals surface area contributed by atoms with Gasteiger partial charge in [0, 0.05) is 25.7 Å². The van der Waals surface area contributed by atoms with Crippen molar-refractivity contribution in [2.24, 2.45) is 0 Å². The molecule has 5 heteroatoms. The van der Waals surface area contributed by atoms with Crippen LogP contribution in [0.1, 0.15) is 18.4 Å². The molecule has 0 radical (unpaired) electrons. The van der Waals surface area contributed by atoms with Gasteiger partial charge in [-0.3, -0.25) is 4.79 Å². The molecule has 1 amide bonds. The Morgan fingerprint density at radius 2 is 2.18 bits per heavy atom. The molecule has 3 nitrogen and oxygen atoms in total. The Kier molecular flexibility index (Phi) is 5.41. The Bertz CT molecular complexity index is 410. The third kappa shape index (κ3) is 4.34. The van der Waals surface area contributed by atoms with Crippen molar-refractivity contribution >= 4 is 27.5 Å². The maximum Gasteiger partial charge on any atom is 0.219 e. The van der Waals surface area contributed by atoms with Crippen molar-refractivity contribution in [2.45, 2.75) is 19.8 Å². The van der Waals surface area contributed by atoms with E-state index in [1.807, 2.05) is 6.92 Å². The lowest BCUT2D eigenvalue weighted by molar-refractivity contribution is -0.120. The minimum atomic E-state index is -0.288. The Hall–Kier alpha value is -1.10. The van der Waals surface area contributed by atoms with Crippen molar-refractivity contribution in [1.82, 2.24) is 5.32 Å². The molecular formula is C12H16BrFN2O. The molecule has 0 aliphatic carbocycles. The summed E-state index contributed by atoms with van der Waals surface area (Å²) in [5, 5.41) is 5.68. The number of amides is 1. The van der Waals surface area contributed by atoms with Gasteiger partial charge in [0.1, 0.15) is 5.82 Å². The van der Waals surface area contributed by atoms with E-state index >= 15 is 0 Å². The van der Waals surface area contributed by atoms with Gasteiger partial charge >= 0.3 is 0 Å². The van der Waals surface area contributed by atoms with Crippen molar-refractivity contribution in [3.63, 3.8) is 0 Å². The second-order valence-electron chi connectivity index (χ2n) is 3.78. The van der Waals surface area contributed by atoms with Crippen molar-refractivity contribution < 1.29 is 9.18 Å². The Morgan fingerprint density at radius 1 is 1.47 bits per heavy atom. The van der Waals surface area contributed by atoms with Gasteiger partial charge in [-0.25, -0.2) is 4.39 Å². The van der Waals surface area contributed by atoms with Gasteiger partial charge in [0.15, 0.2) is 0 Å². The number of benzene rings is 1. The van der Waals surface area contributed by atoms with E-state index in [1.165, 1.54) is 6.07 Å². The largest absolute Gasteiger partial charge is 0.385 e. The maximum absolute atomic E-state index is 13.3. The summed E-state index contributed by atoms with van der Waals surface area (Å²) in [7, 11) is 1.62. The van der Waals surface area contributed by atoms with E-state index < -0.39 is 0 Å². The lowest BCUT2D eigenvalue weighted by Gasteiger charge is -2.10. The van der Waals surface area contributed by atoms with Gasteiger partial charge in [0.2, 0.25) is 5.91 Å². The molecule has 0 unspecified atom stereocenters. The number of anilines is 1. The number of hydrogen-bond acceptors (Lipinski definition) is 2. The van der Waals surface area contributed by atoms with Crippen LogP contribution < -0.4 is 10.6 Å². The number of nitrogens with one attached hydrogen (secondary N) is 2. The zero-order valence-electron chi connectivity index (χ0n) is 9.94. The lowest BCUT2D eigenvalue weighted by Crippen LogP contribution is -2.18. The quantitative estimate of drug-likeness (QED) is 0.821. The lowest BCUT2D eigenvalue weighted by atomic mass is 10.2. The molecule has 1 rings (SSSR count). The Labute approximate surface area is 109 Å². The fourth-order valence-electron chi connectivity index (χ4n) is 1.43. The van der Waals surface area contributed by atoms with Gasteiger partial charge in [0.05, 0.1) is 4.47 Å².